The van der Waals surface area contributed by atoms with Gasteiger partial charge in [-0.2, -0.15) is 13.5 Å². The van der Waals surface area contributed by atoms with E-state index < -0.39 is 10.1 Å². The Bertz CT molecular complexity index is 753. The fraction of sp³-hybridized carbons (Fsp3) is 0.0909. The lowest BCUT2D eigenvalue weighted by Gasteiger charge is -2.03. The molecule has 0 saturated heterocycles. The molecule has 7 nitrogen and oxygen atoms in total. The summed E-state index contributed by atoms with van der Waals surface area (Å²) in [6.45, 7) is 1.60. The zero-order valence-electron chi connectivity index (χ0n) is 10.4. The molecule has 1 aromatic carbocycles. The SMILES string of the molecule is Cc1ccc(C=NNc2nc(N)cs2)cc1S(=O)(=O)O. The van der Waals surface area contributed by atoms with Crippen LogP contribution in [0.15, 0.2) is 33.6 Å². The molecule has 0 aliphatic rings. The van der Waals surface area contributed by atoms with Crippen molar-refractivity contribution in [1.82, 2.24) is 4.98 Å². The van der Waals surface area contributed by atoms with Gasteiger partial charge in [0, 0.05) is 5.38 Å². The Balaban J connectivity index is 2.18. The minimum absolute atomic E-state index is 0.139. The maximum Gasteiger partial charge on any atom is 0.294 e. The number of aromatic nitrogens is 1. The van der Waals surface area contributed by atoms with Gasteiger partial charge in [0.15, 0.2) is 0 Å². The molecule has 0 saturated carbocycles. The lowest BCUT2D eigenvalue weighted by Crippen LogP contribution is -2.02. The summed E-state index contributed by atoms with van der Waals surface area (Å²) in [6, 6.07) is 4.61. The van der Waals surface area contributed by atoms with Crippen LogP contribution in [0, 0.1) is 6.92 Å². The number of aryl methyl sites for hydroxylation is 1. The van der Waals surface area contributed by atoms with Gasteiger partial charge < -0.3 is 5.73 Å². The molecular weight excluding hydrogens is 300 g/mol. The Morgan fingerprint density at radius 2 is 2.25 bits per heavy atom. The first-order chi connectivity index (χ1) is 9.36. The van der Waals surface area contributed by atoms with Gasteiger partial charge in [-0.25, -0.2) is 4.98 Å². The second kappa shape index (κ2) is 5.57. The minimum atomic E-state index is -4.24. The maximum absolute atomic E-state index is 11.2. The van der Waals surface area contributed by atoms with Crippen molar-refractivity contribution in [2.75, 3.05) is 11.2 Å². The molecular formula is C11H12N4O3S2. The van der Waals surface area contributed by atoms with Gasteiger partial charge in [0.1, 0.15) is 5.82 Å². The fourth-order valence-electron chi connectivity index (χ4n) is 1.47. The lowest BCUT2D eigenvalue weighted by atomic mass is 10.2. The van der Waals surface area contributed by atoms with E-state index in [2.05, 4.69) is 15.5 Å². The van der Waals surface area contributed by atoms with Gasteiger partial charge in [0.05, 0.1) is 11.1 Å². The Hall–Kier alpha value is -1.97. The van der Waals surface area contributed by atoms with E-state index in [1.54, 1.807) is 24.4 Å². The first kappa shape index (κ1) is 14.4. The zero-order valence-corrected chi connectivity index (χ0v) is 12.1. The van der Waals surface area contributed by atoms with Gasteiger partial charge in [0.25, 0.3) is 10.1 Å². The molecule has 0 aliphatic carbocycles. The van der Waals surface area contributed by atoms with Gasteiger partial charge in [-0.1, -0.05) is 12.1 Å². The molecule has 106 valence electrons. The highest BCUT2D eigenvalue weighted by molar-refractivity contribution is 7.85. The van der Waals surface area contributed by atoms with Gasteiger partial charge in [0.2, 0.25) is 5.13 Å². The van der Waals surface area contributed by atoms with Gasteiger partial charge in [-0.05, 0) is 24.1 Å². The first-order valence-corrected chi connectivity index (χ1v) is 7.76. The van der Waals surface area contributed by atoms with E-state index in [4.69, 9.17) is 10.3 Å². The third-order valence-electron chi connectivity index (χ3n) is 2.39. The van der Waals surface area contributed by atoms with E-state index in [0.717, 1.165) is 0 Å². The van der Waals surface area contributed by atoms with Crippen molar-refractivity contribution in [3.8, 4) is 0 Å². The van der Waals surface area contributed by atoms with E-state index in [1.807, 2.05) is 0 Å². The predicted octanol–water partition coefficient (Wildman–Crippen LogP) is 1.73. The molecule has 0 aliphatic heterocycles. The van der Waals surface area contributed by atoms with Crippen LogP contribution in [0.25, 0.3) is 0 Å². The van der Waals surface area contributed by atoms with Crippen molar-refractivity contribution in [3.05, 3.63) is 34.7 Å². The Labute approximate surface area is 119 Å². The van der Waals surface area contributed by atoms with Crippen LogP contribution in [0.3, 0.4) is 0 Å². The molecule has 2 rings (SSSR count). The summed E-state index contributed by atoms with van der Waals surface area (Å²) >= 11 is 1.30. The number of benzene rings is 1. The normalized spacial score (nSPS) is 11.9. The van der Waals surface area contributed by atoms with E-state index in [0.29, 0.717) is 22.1 Å². The molecule has 2 aromatic rings. The summed E-state index contributed by atoms with van der Waals surface area (Å²) in [5, 5.41) is 6.11. The van der Waals surface area contributed by atoms with E-state index >= 15 is 0 Å². The molecule has 0 bridgehead atoms. The molecule has 9 heteroatoms. The molecule has 0 atom stereocenters. The molecule has 20 heavy (non-hydrogen) atoms. The smallest absolute Gasteiger partial charge is 0.294 e. The van der Waals surface area contributed by atoms with Crippen LogP contribution < -0.4 is 11.2 Å². The Morgan fingerprint density at radius 3 is 2.85 bits per heavy atom. The summed E-state index contributed by atoms with van der Waals surface area (Å²) in [6.07, 6.45) is 1.42. The summed E-state index contributed by atoms with van der Waals surface area (Å²) < 4.78 is 31.4. The molecule has 4 N–H and O–H groups in total. The van der Waals surface area contributed by atoms with Crippen molar-refractivity contribution in [2.45, 2.75) is 11.8 Å². The van der Waals surface area contributed by atoms with Crippen LogP contribution in [-0.4, -0.2) is 24.2 Å². The van der Waals surface area contributed by atoms with Crippen LogP contribution >= 0.6 is 11.3 Å². The zero-order chi connectivity index (χ0) is 14.8. The third-order valence-corrected chi connectivity index (χ3v) is 4.15. The summed E-state index contributed by atoms with van der Waals surface area (Å²) in [7, 11) is -4.24. The number of nitrogens with one attached hydrogen (secondary N) is 1. The quantitative estimate of drug-likeness (QED) is 0.449. The van der Waals surface area contributed by atoms with Gasteiger partial charge in [-0.15, -0.1) is 11.3 Å². The van der Waals surface area contributed by atoms with Gasteiger partial charge >= 0.3 is 0 Å². The number of nitrogens with two attached hydrogens (primary N) is 1. The first-order valence-electron chi connectivity index (χ1n) is 5.44. The topological polar surface area (TPSA) is 118 Å². The van der Waals surface area contributed by atoms with Crippen molar-refractivity contribution >= 4 is 38.6 Å². The summed E-state index contributed by atoms with van der Waals surface area (Å²) in [4.78, 5) is 3.81. The molecule has 1 heterocycles. The molecule has 0 amide bonds. The van der Waals surface area contributed by atoms with Crippen molar-refractivity contribution < 1.29 is 13.0 Å². The predicted molar refractivity (Wildman–Crippen MR) is 78.7 cm³/mol. The van der Waals surface area contributed by atoms with E-state index in [1.165, 1.54) is 23.6 Å². The number of anilines is 2. The number of hydrazone groups is 1. The lowest BCUT2D eigenvalue weighted by molar-refractivity contribution is 0.482. The number of hydrogen-bond acceptors (Lipinski definition) is 7. The van der Waals surface area contributed by atoms with Crippen molar-refractivity contribution in [1.29, 1.82) is 0 Å². The second-order valence-corrected chi connectivity index (χ2v) is 6.20. The number of rotatable bonds is 4. The van der Waals surface area contributed by atoms with Crippen LogP contribution in [0.1, 0.15) is 11.1 Å². The monoisotopic (exact) mass is 312 g/mol. The number of nitrogen functional groups attached to an aromatic ring is 1. The maximum atomic E-state index is 11.2. The molecule has 1 aromatic heterocycles. The van der Waals surface area contributed by atoms with Crippen LogP contribution in [0.2, 0.25) is 0 Å². The standard InChI is InChI=1S/C11H12N4O3S2/c1-7-2-3-8(4-9(7)20(16,17)18)5-13-15-11-14-10(12)6-19-11/h2-6H,12H2,1H3,(H,14,15)(H,16,17,18). The molecule has 0 unspecified atom stereocenters. The van der Waals surface area contributed by atoms with E-state index in [-0.39, 0.29) is 4.90 Å². The van der Waals surface area contributed by atoms with E-state index in [9.17, 15) is 8.42 Å². The summed E-state index contributed by atoms with van der Waals surface area (Å²) in [5.41, 5.74) is 9.12. The van der Waals surface area contributed by atoms with Crippen LogP contribution in [-0.2, 0) is 10.1 Å². The summed E-state index contributed by atoms with van der Waals surface area (Å²) in [5.74, 6) is 0.400. The average Bonchev–Trinajstić information content (AvgIpc) is 2.76. The molecule has 0 radical (unpaired) electrons. The number of nitrogens with zero attached hydrogens (tertiary/aromatic N) is 2. The van der Waals surface area contributed by atoms with Crippen molar-refractivity contribution in [2.24, 2.45) is 5.10 Å². The Morgan fingerprint density at radius 1 is 1.50 bits per heavy atom. The van der Waals surface area contributed by atoms with Crippen LogP contribution in [0.5, 0.6) is 0 Å². The van der Waals surface area contributed by atoms with Crippen molar-refractivity contribution in [3.63, 3.8) is 0 Å². The van der Waals surface area contributed by atoms with Crippen LogP contribution in [0.4, 0.5) is 10.9 Å². The number of hydrogen-bond donors (Lipinski definition) is 3. The number of thiazole rings is 1. The highest BCUT2D eigenvalue weighted by Gasteiger charge is 2.12. The highest BCUT2D eigenvalue weighted by atomic mass is 32.2. The fourth-order valence-corrected chi connectivity index (χ4v) is 2.78. The highest BCUT2D eigenvalue weighted by Crippen LogP contribution is 2.17. The third kappa shape index (κ3) is 3.53. The second-order valence-electron chi connectivity index (χ2n) is 3.95. The molecule has 0 spiro atoms. The Kier molecular flexibility index (Phi) is 4.02. The molecule has 0 fully saturated rings. The average molecular weight is 312 g/mol. The largest absolute Gasteiger partial charge is 0.383 e. The van der Waals surface area contributed by atoms with Gasteiger partial charge in [-0.3, -0.25) is 9.98 Å². The minimum Gasteiger partial charge on any atom is -0.383 e.